The van der Waals surface area contributed by atoms with Crippen molar-refractivity contribution < 1.29 is 20.1 Å². The van der Waals surface area contributed by atoms with E-state index in [2.05, 4.69) is 5.32 Å². The van der Waals surface area contributed by atoms with Crippen LogP contribution < -0.4 is 20.5 Å². The number of benzene rings is 3. The molecule has 5 nitrogen and oxygen atoms in total. The van der Waals surface area contributed by atoms with Crippen LogP contribution in [0.15, 0.2) is 60.7 Å². The van der Waals surface area contributed by atoms with E-state index in [1.54, 1.807) is 12.1 Å². The Morgan fingerprint density at radius 1 is 1.03 bits per heavy atom. The number of fused-ring (bicyclic) bond motifs is 1. The van der Waals surface area contributed by atoms with Crippen LogP contribution in [-0.2, 0) is 16.8 Å². The first-order chi connectivity index (χ1) is 14.6. The third-order valence-electron chi connectivity index (χ3n) is 5.83. The Morgan fingerprint density at radius 2 is 1.80 bits per heavy atom. The number of nitrogens with two attached hydrogens (primary N) is 1. The molecule has 1 aliphatic heterocycles. The van der Waals surface area contributed by atoms with Crippen LogP contribution in [0.2, 0.25) is 0 Å². The fourth-order valence-corrected chi connectivity index (χ4v) is 3.86. The molecule has 0 unspecified atom stereocenters. The van der Waals surface area contributed by atoms with Gasteiger partial charge >= 0.3 is 0 Å². The molecule has 1 amide bonds. The highest BCUT2D eigenvalue weighted by molar-refractivity contribution is 6.01. The van der Waals surface area contributed by atoms with E-state index in [4.69, 9.17) is 15.2 Å². The van der Waals surface area contributed by atoms with Crippen LogP contribution in [0.25, 0.3) is 11.1 Å². The van der Waals surface area contributed by atoms with Crippen molar-refractivity contribution >= 4 is 11.6 Å². The molecule has 5 rings (SSSR count). The lowest BCUT2D eigenvalue weighted by atomic mass is 9.94. The van der Waals surface area contributed by atoms with Gasteiger partial charge < -0.3 is 20.5 Å². The number of nitrogens with one attached hydrogen (secondary N) is 1. The lowest BCUT2D eigenvalue weighted by Gasteiger charge is -2.17. The third kappa shape index (κ3) is 3.19. The summed E-state index contributed by atoms with van der Waals surface area (Å²) in [5, 5.41) is 2.97. The third-order valence-corrected chi connectivity index (χ3v) is 5.83. The van der Waals surface area contributed by atoms with Crippen LogP contribution in [0.4, 0.5) is 10.1 Å². The highest BCUT2D eigenvalue weighted by Gasteiger charge is 2.51. The molecule has 1 heterocycles. The van der Waals surface area contributed by atoms with Crippen LogP contribution >= 0.6 is 0 Å². The van der Waals surface area contributed by atoms with E-state index in [1.807, 2.05) is 42.5 Å². The number of hydrogen-bond donors (Lipinski definition) is 2. The van der Waals surface area contributed by atoms with Gasteiger partial charge in [0.25, 0.3) is 0 Å². The molecular weight excluding hydrogens is 383 g/mol. The summed E-state index contributed by atoms with van der Waals surface area (Å²) in [5.41, 5.74) is 8.66. The quantitative estimate of drug-likeness (QED) is 0.650. The van der Waals surface area contributed by atoms with Crippen molar-refractivity contribution in [2.24, 2.45) is 5.73 Å². The predicted molar refractivity (Wildman–Crippen MR) is 114 cm³/mol. The standard InChI is InChI=1S/C24H21FN2O3.H2/c25-20-7-6-18(12-19(20)16-3-1-15(13-26)2-4-16)27-23(28)24(9-10-24)17-5-8-21-22(11-17)30-14-29-21;/h1-8,11-12H,9-10,13-14,26H2,(H,27,28);1H. The van der Waals surface area contributed by atoms with Gasteiger partial charge in [-0.3, -0.25) is 4.79 Å². The van der Waals surface area contributed by atoms with Crippen LogP contribution in [0.1, 0.15) is 25.4 Å². The molecule has 3 aromatic carbocycles. The first-order valence-electron chi connectivity index (χ1n) is 9.90. The van der Waals surface area contributed by atoms with Gasteiger partial charge in [0, 0.05) is 19.2 Å². The molecule has 3 N–H and O–H groups in total. The smallest absolute Gasteiger partial charge is 0.235 e. The summed E-state index contributed by atoms with van der Waals surface area (Å²) in [6.45, 7) is 0.628. The van der Waals surface area contributed by atoms with Crippen molar-refractivity contribution in [1.82, 2.24) is 0 Å². The Balaban J connectivity index is 0.00000231. The Hall–Kier alpha value is -3.38. The second kappa shape index (κ2) is 7.15. The van der Waals surface area contributed by atoms with Crippen molar-refractivity contribution in [2.45, 2.75) is 24.8 Å². The molecule has 0 bridgehead atoms. The topological polar surface area (TPSA) is 73.6 Å². The molecule has 1 saturated carbocycles. The van der Waals surface area contributed by atoms with E-state index >= 15 is 0 Å². The van der Waals surface area contributed by atoms with E-state index in [-0.39, 0.29) is 19.9 Å². The predicted octanol–water partition coefficient (Wildman–Crippen LogP) is 4.60. The molecule has 0 saturated heterocycles. The lowest BCUT2D eigenvalue weighted by molar-refractivity contribution is -0.118. The number of ether oxygens (including phenoxy) is 2. The minimum atomic E-state index is -0.585. The van der Waals surface area contributed by atoms with Crippen LogP contribution in [-0.4, -0.2) is 12.7 Å². The summed E-state index contributed by atoms with van der Waals surface area (Å²) >= 11 is 0. The SMILES string of the molecule is NCc1ccc(-c2cc(NC(=O)C3(c4ccc5c(c4)OCO5)CC3)ccc2F)cc1.[HH]. The van der Waals surface area contributed by atoms with Crippen molar-refractivity contribution in [2.75, 3.05) is 12.1 Å². The van der Waals surface area contributed by atoms with E-state index in [0.717, 1.165) is 29.5 Å². The molecule has 30 heavy (non-hydrogen) atoms. The molecule has 2 aliphatic rings. The van der Waals surface area contributed by atoms with Gasteiger partial charge in [0.2, 0.25) is 12.7 Å². The first kappa shape index (κ1) is 18.6. The fourth-order valence-electron chi connectivity index (χ4n) is 3.86. The number of anilines is 1. The highest BCUT2D eigenvalue weighted by Crippen LogP contribution is 2.51. The maximum atomic E-state index is 14.5. The Labute approximate surface area is 175 Å². The van der Waals surface area contributed by atoms with Crippen molar-refractivity contribution in [3.63, 3.8) is 0 Å². The van der Waals surface area contributed by atoms with Gasteiger partial charge in [0.05, 0.1) is 5.41 Å². The molecule has 1 fully saturated rings. The zero-order valence-electron chi connectivity index (χ0n) is 16.3. The van der Waals surface area contributed by atoms with Gasteiger partial charge in [-0.1, -0.05) is 30.3 Å². The number of halogens is 1. The minimum Gasteiger partial charge on any atom is -0.454 e. The lowest BCUT2D eigenvalue weighted by Crippen LogP contribution is -2.27. The van der Waals surface area contributed by atoms with Gasteiger partial charge in [0.1, 0.15) is 5.82 Å². The average molecular weight is 406 g/mol. The molecular formula is C24H23FN2O3. The zero-order valence-corrected chi connectivity index (χ0v) is 16.3. The zero-order chi connectivity index (χ0) is 20.7. The molecule has 0 spiro atoms. The summed E-state index contributed by atoms with van der Waals surface area (Å²) in [6.07, 6.45) is 1.51. The van der Waals surface area contributed by atoms with Crippen molar-refractivity contribution in [3.05, 3.63) is 77.6 Å². The number of hydrogen-bond acceptors (Lipinski definition) is 4. The maximum absolute atomic E-state index is 14.5. The summed E-state index contributed by atoms with van der Waals surface area (Å²) < 4.78 is 25.3. The second-order valence-corrected chi connectivity index (χ2v) is 7.70. The van der Waals surface area contributed by atoms with Crippen LogP contribution in [0.5, 0.6) is 11.5 Å². The molecule has 3 aromatic rings. The average Bonchev–Trinajstić information content (AvgIpc) is 3.46. The Bertz CT molecular complexity index is 1130. The van der Waals surface area contributed by atoms with Gasteiger partial charge in [-0.2, -0.15) is 0 Å². The second-order valence-electron chi connectivity index (χ2n) is 7.70. The Morgan fingerprint density at radius 3 is 2.53 bits per heavy atom. The van der Waals surface area contributed by atoms with Gasteiger partial charge in [0.15, 0.2) is 11.5 Å². The van der Waals surface area contributed by atoms with Gasteiger partial charge in [-0.15, -0.1) is 0 Å². The van der Waals surface area contributed by atoms with Crippen LogP contribution in [0, 0.1) is 5.82 Å². The minimum absolute atomic E-state index is 0. The monoisotopic (exact) mass is 406 g/mol. The molecule has 6 heteroatoms. The van der Waals surface area contributed by atoms with E-state index in [9.17, 15) is 9.18 Å². The number of carbonyl (C=O) groups is 1. The summed E-state index contributed by atoms with van der Waals surface area (Å²) in [6, 6.07) is 17.7. The van der Waals surface area contributed by atoms with Crippen molar-refractivity contribution in [1.29, 1.82) is 0 Å². The number of amides is 1. The Kier molecular flexibility index (Phi) is 4.44. The normalized spacial score (nSPS) is 15.7. The molecule has 0 aromatic heterocycles. The summed E-state index contributed by atoms with van der Waals surface area (Å²) in [5.74, 6) is 0.915. The maximum Gasteiger partial charge on any atom is 0.235 e. The summed E-state index contributed by atoms with van der Waals surface area (Å²) in [7, 11) is 0. The van der Waals surface area contributed by atoms with E-state index < -0.39 is 5.41 Å². The van der Waals surface area contributed by atoms with E-state index in [0.29, 0.717) is 29.3 Å². The first-order valence-corrected chi connectivity index (χ1v) is 9.90. The van der Waals surface area contributed by atoms with Crippen molar-refractivity contribution in [3.8, 4) is 22.6 Å². The molecule has 1 aliphatic carbocycles. The van der Waals surface area contributed by atoms with Gasteiger partial charge in [-0.05, 0) is 59.9 Å². The van der Waals surface area contributed by atoms with Gasteiger partial charge in [-0.25, -0.2) is 4.39 Å². The highest BCUT2D eigenvalue weighted by atomic mass is 19.1. The van der Waals surface area contributed by atoms with Crippen LogP contribution in [0.3, 0.4) is 0 Å². The molecule has 0 radical (unpaired) electrons. The summed E-state index contributed by atoms with van der Waals surface area (Å²) in [4.78, 5) is 13.1. The fraction of sp³-hybridized carbons (Fsp3) is 0.208. The molecule has 0 atom stereocenters. The molecule has 154 valence electrons. The largest absolute Gasteiger partial charge is 0.454 e. The van der Waals surface area contributed by atoms with E-state index in [1.165, 1.54) is 6.07 Å². The number of rotatable bonds is 5. The number of carbonyl (C=O) groups excluding carboxylic acids is 1.